The van der Waals surface area contributed by atoms with E-state index in [0.29, 0.717) is 22.3 Å². The summed E-state index contributed by atoms with van der Waals surface area (Å²) in [6.07, 6.45) is 5.09. The van der Waals surface area contributed by atoms with Crippen molar-refractivity contribution in [2.24, 2.45) is 0 Å². The molecule has 1 aromatic heterocycles. The van der Waals surface area contributed by atoms with Gasteiger partial charge in [0.15, 0.2) is 5.13 Å². The third-order valence-corrected chi connectivity index (χ3v) is 9.41. The van der Waals surface area contributed by atoms with Gasteiger partial charge in [0.25, 0.3) is 5.91 Å². The predicted molar refractivity (Wildman–Crippen MR) is 130 cm³/mol. The smallest absolute Gasteiger partial charge is 0.257 e. The topological polar surface area (TPSA) is 79.4 Å². The number of halogens is 1. The van der Waals surface area contributed by atoms with Crippen LogP contribution in [0.4, 0.5) is 5.13 Å². The third-order valence-electron chi connectivity index (χ3n) is 5.93. The van der Waals surface area contributed by atoms with Crippen LogP contribution in [-0.2, 0) is 10.0 Å². The molecular weight excluding hydrogens is 466 g/mol. The van der Waals surface area contributed by atoms with Crippen LogP contribution in [0.5, 0.6) is 0 Å². The van der Waals surface area contributed by atoms with Gasteiger partial charge in [0, 0.05) is 18.2 Å². The van der Waals surface area contributed by atoms with Crippen molar-refractivity contribution in [1.82, 2.24) is 9.29 Å². The number of amides is 1. The van der Waals surface area contributed by atoms with Crippen LogP contribution in [0.2, 0.25) is 5.02 Å². The zero-order valence-electron chi connectivity index (χ0n) is 18.1. The number of aryl methyl sites for hydroxylation is 1. The van der Waals surface area contributed by atoms with Crippen molar-refractivity contribution in [1.29, 1.82) is 0 Å². The highest BCUT2D eigenvalue weighted by Crippen LogP contribution is 2.34. The SMILES string of the molecule is CCN(C1CCCCC1)S(=O)(=O)c1ccc(C(=O)Nc2nc3c(C)ccc(Cl)c3s2)cc1. The van der Waals surface area contributed by atoms with Gasteiger partial charge in [0.1, 0.15) is 0 Å². The van der Waals surface area contributed by atoms with Gasteiger partial charge >= 0.3 is 0 Å². The monoisotopic (exact) mass is 491 g/mol. The second kappa shape index (κ2) is 9.47. The number of thiazole rings is 1. The summed E-state index contributed by atoms with van der Waals surface area (Å²) in [4.78, 5) is 17.4. The molecule has 0 atom stereocenters. The number of benzene rings is 2. The first-order valence-electron chi connectivity index (χ1n) is 10.8. The summed E-state index contributed by atoms with van der Waals surface area (Å²) in [5.74, 6) is -0.346. The fourth-order valence-corrected chi connectivity index (χ4v) is 7.14. The molecule has 4 rings (SSSR count). The van der Waals surface area contributed by atoms with Gasteiger partial charge in [-0.3, -0.25) is 10.1 Å². The molecule has 3 aromatic rings. The molecule has 9 heteroatoms. The minimum Gasteiger partial charge on any atom is -0.298 e. The first-order valence-corrected chi connectivity index (χ1v) is 13.4. The Bertz CT molecular complexity index is 1190. The summed E-state index contributed by atoms with van der Waals surface area (Å²) >= 11 is 7.56. The molecule has 1 aliphatic rings. The summed E-state index contributed by atoms with van der Waals surface area (Å²) in [5.41, 5.74) is 2.11. The molecule has 1 amide bonds. The van der Waals surface area contributed by atoms with E-state index in [1.807, 2.05) is 26.0 Å². The third kappa shape index (κ3) is 4.55. The molecule has 2 aromatic carbocycles. The van der Waals surface area contributed by atoms with Crippen LogP contribution in [0, 0.1) is 6.92 Å². The normalized spacial score (nSPS) is 15.4. The molecule has 0 unspecified atom stereocenters. The lowest BCUT2D eigenvalue weighted by Gasteiger charge is -2.32. The summed E-state index contributed by atoms with van der Waals surface area (Å²) < 4.78 is 28.8. The van der Waals surface area contributed by atoms with Crippen molar-refractivity contribution in [2.75, 3.05) is 11.9 Å². The Labute approximate surface area is 197 Å². The van der Waals surface area contributed by atoms with E-state index in [0.717, 1.165) is 41.5 Å². The standard InChI is InChI=1S/C23H26ClN3O3S2/c1-3-27(17-7-5-4-6-8-17)32(29,30)18-12-10-16(11-13-18)22(28)26-23-25-20-15(2)9-14-19(24)21(20)31-23/h9-14,17H,3-8H2,1-2H3,(H,25,26,28). The van der Waals surface area contributed by atoms with Gasteiger partial charge < -0.3 is 0 Å². The molecule has 6 nitrogen and oxygen atoms in total. The van der Waals surface area contributed by atoms with Crippen molar-refractivity contribution in [3.8, 4) is 0 Å². The number of aromatic nitrogens is 1. The molecule has 1 fully saturated rings. The summed E-state index contributed by atoms with van der Waals surface area (Å²) in [7, 11) is -3.60. The molecule has 1 aliphatic carbocycles. The van der Waals surface area contributed by atoms with E-state index in [4.69, 9.17) is 11.6 Å². The molecule has 1 heterocycles. The van der Waals surface area contributed by atoms with Crippen LogP contribution in [0.25, 0.3) is 10.2 Å². The Morgan fingerprint density at radius 2 is 1.84 bits per heavy atom. The lowest BCUT2D eigenvalue weighted by atomic mass is 9.95. The summed E-state index contributed by atoms with van der Waals surface area (Å²) in [5, 5.41) is 3.84. The minimum atomic E-state index is -3.60. The first-order chi connectivity index (χ1) is 15.3. The van der Waals surface area contributed by atoms with Crippen LogP contribution in [0.15, 0.2) is 41.3 Å². The zero-order valence-corrected chi connectivity index (χ0v) is 20.5. The Hall–Kier alpha value is -2.00. The maximum atomic E-state index is 13.2. The minimum absolute atomic E-state index is 0.0519. The highest BCUT2D eigenvalue weighted by molar-refractivity contribution is 7.89. The molecular formula is C23H26ClN3O3S2. The van der Waals surface area contributed by atoms with E-state index >= 15 is 0 Å². The molecule has 1 saturated carbocycles. The van der Waals surface area contributed by atoms with Crippen LogP contribution in [0.1, 0.15) is 54.9 Å². The van der Waals surface area contributed by atoms with Crippen LogP contribution in [-0.4, -0.2) is 36.2 Å². The number of rotatable bonds is 6. The maximum Gasteiger partial charge on any atom is 0.257 e. The number of hydrogen-bond donors (Lipinski definition) is 1. The van der Waals surface area contributed by atoms with E-state index in [-0.39, 0.29) is 16.8 Å². The van der Waals surface area contributed by atoms with Gasteiger partial charge in [-0.2, -0.15) is 4.31 Å². The van der Waals surface area contributed by atoms with Crippen LogP contribution >= 0.6 is 22.9 Å². The molecule has 1 N–H and O–H groups in total. The van der Waals surface area contributed by atoms with Gasteiger partial charge in [-0.15, -0.1) is 0 Å². The van der Waals surface area contributed by atoms with E-state index in [2.05, 4.69) is 10.3 Å². The molecule has 170 valence electrons. The number of carbonyl (C=O) groups is 1. The second-order valence-corrected chi connectivity index (χ2v) is 11.3. The van der Waals surface area contributed by atoms with Gasteiger partial charge in [0.2, 0.25) is 10.0 Å². The van der Waals surface area contributed by atoms with Crippen LogP contribution in [0.3, 0.4) is 0 Å². The zero-order chi connectivity index (χ0) is 22.9. The Balaban J connectivity index is 1.52. The predicted octanol–water partition coefficient (Wildman–Crippen LogP) is 5.85. The number of anilines is 1. The van der Waals surface area contributed by atoms with Gasteiger partial charge in [-0.05, 0) is 55.7 Å². The van der Waals surface area contributed by atoms with Gasteiger partial charge in [-0.1, -0.05) is 55.2 Å². The van der Waals surface area contributed by atoms with E-state index in [1.165, 1.54) is 29.9 Å². The molecule has 0 spiro atoms. The van der Waals surface area contributed by atoms with Crippen LogP contribution < -0.4 is 5.32 Å². The Morgan fingerprint density at radius 3 is 2.47 bits per heavy atom. The lowest BCUT2D eigenvalue weighted by Crippen LogP contribution is -2.41. The summed E-state index contributed by atoms with van der Waals surface area (Å²) in [6, 6.07) is 9.86. The summed E-state index contributed by atoms with van der Waals surface area (Å²) in [6.45, 7) is 4.25. The Kier molecular flexibility index (Phi) is 6.86. The molecule has 0 bridgehead atoms. The fourth-order valence-electron chi connectivity index (χ4n) is 4.23. The second-order valence-electron chi connectivity index (χ2n) is 8.04. The molecule has 0 radical (unpaired) electrons. The van der Waals surface area contributed by atoms with E-state index < -0.39 is 10.0 Å². The number of nitrogens with zero attached hydrogens (tertiary/aromatic N) is 2. The highest BCUT2D eigenvalue weighted by atomic mass is 35.5. The van der Waals surface area contributed by atoms with Gasteiger partial charge in [-0.25, -0.2) is 13.4 Å². The Morgan fingerprint density at radius 1 is 1.16 bits per heavy atom. The van der Waals surface area contributed by atoms with Crippen molar-refractivity contribution >= 4 is 54.2 Å². The van der Waals surface area contributed by atoms with Crippen molar-refractivity contribution in [3.63, 3.8) is 0 Å². The molecule has 0 saturated heterocycles. The number of nitrogens with one attached hydrogen (secondary N) is 1. The fraction of sp³-hybridized carbons (Fsp3) is 0.391. The number of carbonyl (C=O) groups excluding carboxylic acids is 1. The van der Waals surface area contributed by atoms with Crippen molar-refractivity contribution in [3.05, 3.63) is 52.5 Å². The van der Waals surface area contributed by atoms with Crippen molar-refractivity contribution < 1.29 is 13.2 Å². The number of hydrogen-bond acceptors (Lipinski definition) is 5. The lowest BCUT2D eigenvalue weighted by molar-refractivity contribution is 0.102. The van der Waals surface area contributed by atoms with E-state index in [1.54, 1.807) is 16.4 Å². The molecule has 0 aliphatic heterocycles. The van der Waals surface area contributed by atoms with Crippen molar-refractivity contribution in [2.45, 2.75) is 56.9 Å². The largest absolute Gasteiger partial charge is 0.298 e. The van der Waals surface area contributed by atoms with E-state index in [9.17, 15) is 13.2 Å². The average Bonchev–Trinajstić information content (AvgIpc) is 3.22. The first kappa shape index (κ1) is 23.2. The highest BCUT2D eigenvalue weighted by Gasteiger charge is 2.31. The quantitative estimate of drug-likeness (QED) is 0.468. The molecule has 32 heavy (non-hydrogen) atoms. The average molecular weight is 492 g/mol. The number of sulfonamides is 1. The number of fused-ring (bicyclic) bond motifs is 1. The van der Waals surface area contributed by atoms with Gasteiger partial charge in [0.05, 0.1) is 20.1 Å². The maximum absolute atomic E-state index is 13.2.